The molecule has 104 valence electrons. The Morgan fingerprint density at radius 1 is 1.45 bits per heavy atom. The first-order valence-electron chi connectivity index (χ1n) is 6.51. The molecule has 1 fully saturated rings. The molecule has 1 aliphatic carbocycles. The van der Waals surface area contributed by atoms with Gasteiger partial charge in [-0.1, -0.05) is 5.16 Å². The first-order chi connectivity index (χ1) is 9.61. The molecular formula is C13H14N4O3. The van der Waals surface area contributed by atoms with Gasteiger partial charge in [-0.25, -0.2) is 0 Å². The highest BCUT2D eigenvalue weighted by molar-refractivity contribution is 5.92. The standard InChI is InChI=1S/C13H14N4O3/c1-7-4-11(17-20-7)13(19)14-9-2-3-10-8(5-9)6-12(18)16-15-10/h4,6,9-10H,2-3,5H2,1H3,(H,14,19). The van der Waals surface area contributed by atoms with Crippen LogP contribution in [0, 0.1) is 6.92 Å². The van der Waals surface area contributed by atoms with Crippen molar-refractivity contribution in [3.63, 3.8) is 0 Å². The molecule has 1 aromatic heterocycles. The van der Waals surface area contributed by atoms with Gasteiger partial charge in [-0.15, -0.1) is 5.11 Å². The maximum absolute atomic E-state index is 12.0. The lowest BCUT2D eigenvalue weighted by Crippen LogP contribution is -2.39. The van der Waals surface area contributed by atoms with Gasteiger partial charge in [-0.2, -0.15) is 5.11 Å². The quantitative estimate of drug-likeness (QED) is 0.884. The zero-order valence-corrected chi connectivity index (χ0v) is 11.0. The molecule has 2 aliphatic rings. The number of amides is 2. The second-order valence-corrected chi connectivity index (χ2v) is 5.06. The van der Waals surface area contributed by atoms with E-state index in [0.29, 0.717) is 12.2 Å². The van der Waals surface area contributed by atoms with E-state index in [1.54, 1.807) is 13.0 Å². The average Bonchev–Trinajstić information content (AvgIpc) is 2.85. The van der Waals surface area contributed by atoms with Crippen LogP contribution in [0.1, 0.15) is 35.5 Å². The summed E-state index contributed by atoms with van der Waals surface area (Å²) in [7, 11) is 0. The minimum atomic E-state index is -0.324. The molecule has 20 heavy (non-hydrogen) atoms. The number of nitrogens with zero attached hydrogens (tertiary/aromatic N) is 3. The number of aromatic nitrogens is 1. The number of aryl methyl sites for hydroxylation is 1. The highest BCUT2D eigenvalue weighted by atomic mass is 16.5. The van der Waals surface area contributed by atoms with E-state index in [4.69, 9.17) is 4.52 Å². The summed E-state index contributed by atoms with van der Waals surface area (Å²) in [5.74, 6) is 0.0184. The third-order valence-corrected chi connectivity index (χ3v) is 3.50. The number of fused-ring (bicyclic) bond motifs is 1. The Labute approximate surface area is 115 Å². The lowest BCUT2D eigenvalue weighted by atomic mass is 9.86. The van der Waals surface area contributed by atoms with Crippen molar-refractivity contribution in [2.75, 3.05) is 0 Å². The van der Waals surface area contributed by atoms with Gasteiger partial charge in [0, 0.05) is 18.2 Å². The molecular weight excluding hydrogens is 260 g/mol. The Hall–Kier alpha value is -2.31. The summed E-state index contributed by atoms with van der Waals surface area (Å²) in [6.07, 6.45) is 3.73. The van der Waals surface area contributed by atoms with Crippen LogP contribution in [0.15, 0.2) is 32.5 Å². The third-order valence-electron chi connectivity index (χ3n) is 3.50. The van der Waals surface area contributed by atoms with E-state index >= 15 is 0 Å². The molecule has 2 amide bonds. The summed E-state index contributed by atoms with van der Waals surface area (Å²) >= 11 is 0. The molecule has 0 saturated heterocycles. The molecule has 7 heteroatoms. The number of nitrogens with one attached hydrogen (secondary N) is 1. The number of hydrogen-bond acceptors (Lipinski definition) is 5. The fourth-order valence-corrected chi connectivity index (χ4v) is 2.52. The van der Waals surface area contributed by atoms with Crippen molar-refractivity contribution >= 4 is 11.8 Å². The fraction of sp³-hybridized carbons (Fsp3) is 0.462. The zero-order valence-electron chi connectivity index (χ0n) is 11.0. The monoisotopic (exact) mass is 274 g/mol. The van der Waals surface area contributed by atoms with Crippen LogP contribution in [0.25, 0.3) is 0 Å². The molecule has 0 aromatic carbocycles. The minimum Gasteiger partial charge on any atom is -0.361 e. The van der Waals surface area contributed by atoms with Crippen LogP contribution in [-0.2, 0) is 4.79 Å². The Bertz CT molecular complexity index is 617. The van der Waals surface area contributed by atoms with Gasteiger partial charge in [0.2, 0.25) is 0 Å². The van der Waals surface area contributed by atoms with Crippen LogP contribution in [0.4, 0.5) is 0 Å². The van der Waals surface area contributed by atoms with E-state index < -0.39 is 0 Å². The van der Waals surface area contributed by atoms with Gasteiger partial charge in [-0.05, 0) is 31.8 Å². The molecule has 2 atom stereocenters. The van der Waals surface area contributed by atoms with Crippen molar-refractivity contribution in [2.24, 2.45) is 10.2 Å². The molecule has 2 unspecified atom stereocenters. The topological polar surface area (TPSA) is 96.9 Å². The maximum Gasteiger partial charge on any atom is 0.287 e. The second-order valence-electron chi connectivity index (χ2n) is 5.06. The first kappa shape index (κ1) is 12.7. The Morgan fingerprint density at radius 3 is 3.05 bits per heavy atom. The normalized spacial score (nSPS) is 25.1. The van der Waals surface area contributed by atoms with Gasteiger partial charge < -0.3 is 9.84 Å². The Kier molecular flexibility index (Phi) is 3.17. The smallest absolute Gasteiger partial charge is 0.287 e. The lowest BCUT2D eigenvalue weighted by molar-refractivity contribution is -0.114. The molecule has 3 rings (SSSR count). The highest BCUT2D eigenvalue weighted by Gasteiger charge is 2.29. The maximum atomic E-state index is 12.0. The van der Waals surface area contributed by atoms with Gasteiger partial charge in [0.25, 0.3) is 11.8 Å². The molecule has 0 bridgehead atoms. The zero-order chi connectivity index (χ0) is 14.1. The predicted molar refractivity (Wildman–Crippen MR) is 68.1 cm³/mol. The third kappa shape index (κ3) is 2.52. The van der Waals surface area contributed by atoms with E-state index in [2.05, 4.69) is 20.7 Å². The summed E-state index contributed by atoms with van der Waals surface area (Å²) in [4.78, 5) is 23.2. The molecule has 1 saturated carbocycles. The van der Waals surface area contributed by atoms with Crippen molar-refractivity contribution in [3.8, 4) is 0 Å². The minimum absolute atomic E-state index is 0.00449. The van der Waals surface area contributed by atoms with Crippen molar-refractivity contribution < 1.29 is 14.1 Å². The van der Waals surface area contributed by atoms with Gasteiger partial charge in [-0.3, -0.25) is 9.59 Å². The van der Waals surface area contributed by atoms with Crippen molar-refractivity contribution in [2.45, 2.75) is 38.3 Å². The fourth-order valence-electron chi connectivity index (χ4n) is 2.52. The number of hydrogen-bond donors (Lipinski definition) is 1. The van der Waals surface area contributed by atoms with E-state index in [-0.39, 0.29) is 29.6 Å². The lowest BCUT2D eigenvalue weighted by Gasteiger charge is -2.29. The molecule has 1 aliphatic heterocycles. The SMILES string of the molecule is Cc1cc(C(=O)NC2CCC3N=NC(=O)C=C3C2)no1. The molecule has 1 aromatic rings. The van der Waals surface area contributed by atoms with Crippen LogP contribution >= 0.6 is 0 Å². The largest absolute Gasteiger partial charge is 0.361 e. The Balaban J connectivity index is 1.65. The highest BCUT2D eigenvalue weighted by Crippen LogP contribution is 2.29. The molecule has 1 N–H and O–H groups in total. The van der Waals surface area contributed by atoms with Crippen LogP contribution in [0.3, 0.4) is 0 Å². The van der Waals surface area contributed by atoms with Crippen molar-refractivity contribution in [3.05, 3.63) is 29.2 Å². The van der Waals surface area contributed by atoms with Crippen LogP contribution < -0.4 is 5.32 Å². The Morgan fingerprint density at radius 2 is 2.30 bits per heavy atom. The summed E-state index contributed by atoms with van der Waals surface area (Å²) in [5, 5.41) is 14.1. The predicted octanol–water partition coefficient (Wildman–Crippen LogP) is 1.55. The summed E-state index contributed by atoms with van der Waals surface area (Å²) in [6.45, 7) is 1.73. The average molecular weight is 274 g/mol. The van der Waals surface area contributed by atoms with Crippen LogP contribution in [0.2, 0.25) is 0 Å². The first-order valence-corrected chi connectivity index (χ1v) is 6.51. The van der Waals surface area contributed by atoms with Crippen molar-refractivity contribution in [1.82, 2.24) is 10.5 Å². The number of carbonyl (C=O) groups excluding carboxylic acids is 2. The number of carbonyl (C=O) groups is 2. The number of azo groups is 1. The molecule has 0 spiro atoms. The van der Waals surface area contributed by atoms with Gasteiger partial charge >= 0.3 is 0 Å². The van der Waals surface area contributed by atoms with Crippen LogP contribution in [-0.4, -0.2) is 29.1 Å². The summed E-state index contributed by atoms with van der Waals surface area (Å²) in [5.41, 5.74) is 1.22. The summed E-state index contributed by atoms with van der Waals surface area (Å²) in [6, 6.07) is 1.58. The van der Waals surface area contributed by atoms with E-state index in [1.807, 2.05) is 0 Å². The molecule has 7 nitrogen and oxygen atoms in total. The van der Waals surface area contributed by atoms with Gasteiger partial charge in [0.15, 0.2) is 5.69 Å². The summed E-state index contributed by atoms with van der Waals surface area (Å²) < 4.78 is 4.88. The molecule has 2 heterocycles. The van der Waals surface area contributed by atoms with Crippen LogP contribution in [0.5, 0.6) is 0 Å². The van der Waals surface area contributed by atoms with Crippen molar-refractivity contribution in [1.29, 1.82) is 0 Å². The number of rotatable bonds is 2. The van der Waals surface area contributed by atoms with E-state index in [0.717, 1.165) is 18.4 Å². The second kappa shape index (κ2) is 4.99. The van der Waals surface area contributed by atoms with Gasteiger partial charge in [0.1, 0.15) is 5.76 Å². The van der Waals surface area contributed by atoms with E-state index in [1.165, 1.54) is 6.08 Å². The van der Waals surface area contributed by atoms with Gasteiger partial charge in [0.05, 0.1) is 6.04 Å². The molecule has 0 radical (unpaired) electrons. The van der Waals surface area contributed by atoms with E-state index in [9.17, 15) is 9.59 Å².